The third kappa shape index (κ3) is 2.84. The van der Waals surface area contributed by atoms with Crippen LogP contribution in [0.4, 0.5) is 8.78 Å². The average Bonchev–Trinajstić information content (AvgIpc) is 2.86. The van der Waals surface area contributed by atoms with Crippen LogP contribution in [-0.4, -0.2) is 15.8 Å². The number of hydrogen-bond donors (Lipinski definition) is 0. The summed E-state index contributed by atoms with van der Waals surface area (Å²) in [4.78, 5) is 14.5. The SMILES string of the molecule is CC(C)n1cncc1COc1c(F)cc(C=O)cc1F. The van der Waals surface area contributed by atoms with E-state index in [-0.39, 0.29) is 18.2 Å². The molecule has 1 heterocycles. The van der Waals surface area contributed by atoms with Gasteiger partial charge in [0.2, 0.25) is 0 Å². The number of rotatable bonds is 5. The number of aldehydes is 1. The highest BCUT2D eigenvalue weighted by molar-refractivity contribution is 5.75. The number of hydrogen-bond acceptors (Lipinski definition) is 3. The fraction of sp³-hybridized carbons (Fsp3) is 0.286. The van der Waals surface area contributed by atoms with Gasteiger partial charge in [-0.3, -0.25) is 4.79 Å². The molecule has 6 heteroatoms. The van der Waals surface area contributed by atoms with Crippen molar-refractivity contribution in [1.29, 1.82) is 0 Å². The Kier molecular flexibility index (Phi) is 4.12. The van der Waals surface area contributed by atoms with Gasteiger partial charge < -0.3 is 9.30 Å². The normalized spacial score (nSPS) is 10.8. The van der Waals surface area contributed by atoms with Crippen LogP contribution in [0.5, 0.6) is 5.75 Å². The van der Waals surface area contributed by atoms with Gasteiger partial charge in [0.1, 0.15) is 12.9 Å². The van der Waals surface area contributed by atoms with Crippen molar-refractivity contribution in [2.45, 2.75) is 26.5 Å². The fourth-order valence-corrected chi connectivity index (χ4v) is 1.84. The highest BCUT2D eigenvalue weighted by Crippen LogP contribution is 2.24. The molecule has 0 spiro atoms. The van der Waals surface area contributed by atoms with E-state index in [4.69, 9.17) is 4.74 Å². The van der Waals surface area contributed by atoms with Crippen LogP contribution in [0, 0.1) is 11.6 Å². The molecule has 1 aromatic carbocycles. The molecule has 20 heavy (non-hydrogen) atoms. The molecular weight excluding hydrogens is 266 g/mol. The summed E-state index contributed by atoms with van der Waals surface area (Å²) in [6, 6.07) is 2.04. The van der Waals surface area contributed by atoms with Crippen molar-refractivity contribution in [2.75, 3.05) is 0 Å². The number of carbonyl (C=O) groups is 1. The number of aromatic nitrogens is 2. The molecule has 0 aliphatic heterocycles. The van der Waals surface area contributed by atoms with Crippen molar-refractivity contribution in [2.24, 2.45) is 0 Å². The number of nitrogens with zero attached hydrogens (tertiary/aromatic N) is 2. The highest BCUT2D eigenvalue weighted by atomic mass is 19.1. The van der Waals surface area contributed by atoms with E-state index in [0.717, 1.165) is 12.1 Å². The van der Waals surface area contributed by atoms with Crippen molar-refractivity contribution in [3.8, 4) is 5.75 Å². The maximum absolute atomic E-state index is 13.6. The molecule has 0 saturated heterocycles. The molecule has 2 rings (SSSR count). The Balaban J connectivity index is 2.19. The van der Waals surface area contributed by atoms with Gasteiger partial charge in [0.15, 0.2) is 17.4 Å². The minimum absolute atomic E-state index is 0.00748. The molecule has 2 aromatic rings. The van der Waals surface area contributed by atoms with Crippen LogP contribution in [0.1, 0.15) is 35.9 Å². The summed E-state index contributed by atoms with van der Waals surface area (Å²) in [5, 5.41) is 0. The fourth-order valence-electron chi connectivity index (χ4n) is 1.84. The smallest absolute Gasteiger partial charge is 0.191 e. The lowest BCUT2D eigenvalue weighted by Gasteiger charge is -2.13. The molecule has 0 saturated carbocycles. The highest BCUT2D eigenvalue weighted by Gasteiger charge is 2.14. The van der Waals surface area contributed by atoms with Gasteiger partial charge in [-0.2, -0.15) is 0 Å². The van der Waals surface area contributed by atoms with Gasteiger partial charge in [0.25, 0.3) is 0 Å². The number of halogens is 2. The summed E-state index contributed by atoms with van der Waals surface area (Å²) >= 11 is 0. The van der Waals surface area contributed by atoms with Crippen molar-refractivity contribution in [1.82, 2.24) is 9.55 Å². The summed E-state index contributed by atoms with van der Waals surface area (Å²) in [7, 11) is 0. The summed E-state index contributed by atoms with van der Waals surface area (Å²) < 4.78 is 34.3. The molecule has 0 radical (unpaired) electrons. The van der Waals surface area contributed by atoms with Gasteiger partial charge >= 0.3 is 0 Å². The van der Waals surface area contributed by atoms with Crippen LogP contribution >= 0.6 is 0 Å². The standard InChI is InChI=1S/C14H14F2N2O2/c1-9(2)18-8-17-5-11(18)7-20-14-12(15)3-10(6-19)4-13(14)16/h3-6,8-9H,7H2,1-2H3. The molecule has 0 fully saturated rings. The van der Waals surface area contributed by atoms with E-state index in [0.29, 0.717) is 12.0 Å². The largest absolute Gasteiger partial charge is 0.481 e. The van der Waals surface area contributed by atoms with Crippen molar-refractivity contribution >= 4 is 6.29 Å². The minimum atomic E-state index is -0.900. The second kappa shape index (κ2) is 5.81. The maximum Gasteiger partial charge on any atom is 0.191 e. The molecule has 0 aliphatic carbocycles. The molecule has 4 nitrogen and oxygen atoms in total. The van der Waals surface area contributed by atoms with E-state index in [2.05, 4.69) is 4.98 Å². The second-order valence-electron chi connectivity index (χ2n) is 4.61. The van der Waals surface area contributed by atoms with E-state index in [9.17, 15) is 13.6 Å². The first-order valence-electron chi connectivity index (χ1n) is 6.10. The number of imidazole rings is 1. The van der Waals surface area contributed by atoms with Gasteiger partial charge in [-0.1, -0.05) is 0 Å². The van der Waals surface area contributed by atoms with Crippen LogP contribution in [0.25, 0.3) is 0 Å². The molecule has 0 atom stereocenters. The lowest BCUT2D eigenvalue weighted by Crippen LogP contribution is -2.08. The summed E-state index contributed by atoms with van der Waals surface area (Å²) in [6.07, 6.45) is 3.59. The molecule has 0 amide bonds. The zero-order valence-electron chi connectivity index (χ0n) is 11.1. The van der Waals surface area contributed by atoms with E-state index in [1.165, 1.54) is 0 Å². The van der Waals surface area contributed by atoms with Crippen LogP contribution < -0.4 is 4.74 Å². The van der Waals surface area contributed by atoms with Gasteiger partial charge in [0, 0.05) is 11.6 Å². The Hall–Kier alpha value is -2.24. The summed E-state index contributed by atoms with van der Waals surface area (Å²) in [6.45, 7) is 3.92. The first-order valence-corrected chi connectivity index (χ1v) is 6.10. The van der Waals surface area contributed by atoms with Crippen molar-refractivity contribution in [3.63, 3.8) is 0 Å². The molecule has 0 bridgehead atoms. The van der Waals surface area contributed by atoms with E-state index < -0.39 is 17.4 Å². The summed E-state index contributed by atoms with van der Waals surface area (Å²) in [5.41, 5.74) is 0.637. The second-order valence-corrected chi connectivity index (χ2v) is 4.61. The molecule has 106 valence electrons. The van der Waals surface area contributed by atoms with Gasteiger partial charge in [-0.05, 0) is 26.0 Å². The minimum Gasteiger partial charge on any atom is -0.481 e. The summed E-state index contributed by atoms with van der Waals surface area (Å²) in [5.74, 6) is -2.29. The Morgan fingerprint density at radius 1 is 1.35 bits per heavy atom. The Bertz CT molecular complexity index is 600. The average molecular weight is 280 g/mol. The molecule has 0 N–H and O–H groups in total. The zero-order valence-corrected chi connectivity index (χ0v) is 11.1. The molecule has 0 unspecified atom stereocenters. The van der Waals surface area contributed by atoms with Crippen LogP contribution in [0.2, 0.25) is 0 Å². The third-order valence-corrected chi connectivity index (χ3v) is 2.82. The lowest BCUT2D eigenvalue weighted by atomic mass is 10.2. The number of benzene rings is 1. The van der Waals surface area contributed by atoms with Gasteiger partial charge in [-0.15, -0.1) is 0 Å². The van der Waals surface area contributed by atoms with Crippen LogP contribution in [0.3, 0.4) is 0 Å². The van der Waals surface area contributed by atoms with E-state index in [1.807, 2.05) is 18.4 Å². The first-order chi connectivity index (χ1) is 9.52. The van der Waals surface area contributed by atoms with Gasteiger partial charge in [-0.25, -0.2) is 13.8 Å². The maximum atomic E-state index is 13.6. The van der Waals surface area contributed by atoms with Gasteiger partial charge in [0.05, 0.1) is 18.2 Å². The predicted molar refractivity (Wildman–Crippen MR) is 68.7 cm³/mol. The first kappa shape index (κ1) is 14.2. The monoisotopic (exact) mass is 280 g/mol. The Labute approximate surface area is 115 Å². The molecule has 0 aliphatic rings. The number of ether oxygens (including phenoxy) is 1. The quantitative estimate of drug-likeness (QED) is 0.790. The van der Waals surface area contributed by atoms with Crippen molar-refractivity contribution < 1.29 is 18.3 Å². The topological polar surface area (TPSA) is 44.1 Å². The number of carbonyl (C=O) groups excluding carboxylic acids is 1. The van der Waals surface area contributed by atoms with E-state index >= 15 is 0 Å². The molecular formula is C14H14F2N2O2. The lowest BCUT2D eigenvalue weighted by molar-refractivity contribution is 0.112. The predicted octanol–water partition coefficient (Wildman–Crippen LogP) is 3.13. The zero-order chi connectivity index (χ0) is 14.7. The Morgan fingerprint density at radius 3 is 2.55 bits per heavy atom. The van der Waals surface area contributed by atoms with Crippen LogP contribution in [-0.2, 0) is 6.61 Å². The third-order valence-electron chi connectivity index (χ3n) is 2.82. The van der Waals surface area contributed by atoms with Crippen LogP contribution in [0.15, 0.2) is 24.7 Å². The van der Waals surface area contributed by atoms with Crippen molar-refractivity contribution in [3.05, 3.63) is 47.5 Å². The van der Waals surface area contributed by atoms with E-state index in [1.54, 1.807) is 12.5 Å². The Morgan fingerprint density at radius 2 is 2.00 bits per heavy atom. The molecule has 1 aromatic heterocycles.